The number of hydrogen-bond donors (Lipinski definition) is 0. The van der Waals surface area contributed by atoms with E-state index in [1.807, 2.05) is 19.9 Å². The zero-order valence-corrected chi connectivity index (χ0v) is 12.9. The van der Waals surface area contributed by atoms with Gasteiger partial charge < -0.3 is 4.90 Å². The predicted octanol–water partition coefficient (Wildman–Crippen LogP) is 2.61. The number of rotatable bonds is 7. The standard InChI is InChI=1S/C15H24N4O/c1-5-19-14(11-13(4)17-19)15(20)18(9-6-8-16)10-7-12(2)3/h11-12H,5-7,9-10H2,1-4H3. The number of carbonyl (C=O) groups excluding carboxylic acids is 1. The van der Waals surface area contributed by atoms with E-state index in [0.717, 1.165) is 12.1 Å². The summed E-state index contributed by atoms with van der Waals surface area (Å²) in [6.07, 6.45) is 1.31. The summed E-state index contributed by atoms with van der Waals surface area (Å²) < 4.78 is 1.73. The molecule has 0 N–H and O–H groups in total. The molecule has 5 heteroatoms. The maximum absolute atomic E-state index is 12.6. The van der Waals surface area contributed by atoms with E-state index in [4.69, 9.17) is 5.26 Å². The van der Waals surface area contributed by atoms with Crippen LogP contribution in [0.15, 0.2) is 6.07 Å². The van der Waals surface area contributed by atoms with E-state index < -0.39 is 0 Å². The Bertz CT molecular complexity index is 485. The molecule has 0 aromatic carbocycles. The lowest BCUT2D eigenvalue weighted by Gasteiger charge is -2.22. The number of nitrogens with zero attached hydrogens (tertiary/aromatic N) is 4. The molecule has 20 heavy (non-hydrogen) atoms. The highest BCUT2D eigenvalue weighted by Crippen LogP contribution is 2.11. The van der Waals surface area contributed by atoms with Crippen molar-refractivity contribution in [2.45, 2.75) is 47.1 Å². The van der Waals surface area contributed by atoms with Gasteiger partial charge in [-0.2, -0.15) is 10.4 Å². The van der Waals surface area contributed by atoms with Gasteiger partial charge >= 0.3 is 0 Å². The van der Waals surface area contributed by atoms with Gasteiger partial charge in [-0.05, 0) is 32.3 Å². The average Bonchev–Trinajstić information content (AvgIpc) is 2.79. The molecule has 5 nitrogen and oxygen atoms in total. The molecule has 1 aromatic rings. The summed E-state index contributed by atoms with van der Waals surface area (Å²) in [5.41, 5.74) is 1.46. The largest absolute Gasteiger partial charge is 0.336 e. The molecule has 0 aliphatic heterocycles. The first-order chi connectivity index (χ1) is 9.49. The molecule has 1 amide bonds. The van der Waals surface area contributed by atoms with Gasteiger partial charge in [0.05, 0.1) is 18.2 Å². The van der Waals surface area contributed by atoms with Crippen LogP contribution in [0.1, 0.15) is 49.8 Å². The molecule has 0 aliphatic carbocycles. The predicted molar refractivity (Wildman–Crippen MR) is 78.2 cm³/mol. The number of nitriles is 1. The van der Waals surface area contributed by atoms with E-state index in [0.29, 0.717) is 37.7 Å². The van der Waals surface area contributed by atoms with Gasteiger partial charge in [-0.1, -0.05) is 13.8 Å². The monoisotopic (exact) mass is 276 g/mol. The van der Waals surface area contributed by atoms with Crippen LogP contribution in [0.4, 0.5) is 0 Å². The number of aryl methyl sites for hydroxylation is 2. The normalized spacial score (nSPS) is 10.6. The average molecular weight is 276 g/mol. The lowest BCUT2D eigenvalue weighted by molar-refractivity contribution is 0.0739. The van der Waals surface area contributed by atoms with Gasteiger partial charge in [-0.15, -0.1) is 0 Å². The van der Waals surface area contributed by atoms with Gasteiger partial charge in [-0.3, -0.25) is 9.48 Å². The minimum absolute atomic E-state index is 0.0247. The summed E-state index contributed by atoms with van der Waals surface area (Å²) >= 11 is 0. The maximum Gasteiger partial charge on any atom is 0.272 e. The molecule has 0 radical (unpaired) electrons. The number of hydrogen-bond acceptors (Lipinski definition) is 3. The first-order valence-corrected chi connectivity index (χ1v) is 7.20. The van der Waals surface area contributed by atoms with Crippen molar-refractivity contribution in [2.75, 3.05) is 13.1 Å². The zero-order valence-electron chi connectivity index (χ0n) is 12.9. The van der Waals surface area contributed by atoms with Crippen molar-refractivity contribution in [2.24, 2.45) is 5.92 Å². The van der Waals surface area contributed by atoms with Gasteiger partial charge in [0.2, 0.25) is 0 Å². The first-order valence-electron chi connectivity index (χ1n) is 7.20. The van der Waals surface area contributed by atoms with Crippen molar-refractivity contribution in [3.05, 3.63) is 17.5 Å². The van der Waals surface area contributed by atoms with E-state index in [9.17, 15) is 4.79 Å². The van der Waals surface area contributed by atoms with E-state index >= 15 is 0 Å². The van der Waals surface area contributed by atoms with Gasteiger partial charge in [0.1, 0.15) is 5.69 Å². The van der Waals surface area contributed by atoms with Crippen molar-refractivity contribution in [3.63, 3.8) is 0 Å². The Labute approximate surface area is 121 Å². The number of carbonyl (C=O) groups is 1. The van der Waals surface area contributed by atoms with Gasteiger partial charge in [0.25, 0.3) is 5.91 Å². The van der Waals surface area contributed by atoms with Crippen molar-refractivity contribution < 1.29 is 4.79 Å². The molecule has 1 aromatic heterocycles. The molecule has 0 saturated heterocycles. The minimum atomic E-state index is -0.0247. The molecule has 0 spiro atoms. The first kappa shape index (κ1) is 16.2. The van der Waals surface area contributed by atoms with Crippen molar-refractivity contribution in [1.29, 1.82) is 5.26 Å². The quantitative estimate of drug-likeness (QED) is 0.769. The second kappa shape index (κ2) is 7.68. The van der Waals surface area contributed by atoms with Crippen LogP contribution < -0.4 is 0 Å². The van der Waals surface area contributed by atoms with Gasteiger partial charge in [-0.25, -0.2) is 0 Å². The van der Waals surface area contributed by atoms with Crippen LogP contribution >= 0.6 is 0 Å². The Morgan fingerprint density at radius 2 is 2.20 bits per heavy atom. The Kier molecular flexibility index (Phi) is 6.23. The summed E-state index contributed by atoms with van der Waals surface area (Å²) in [6.45, 7) is 9.96. The second-order valence-corrected chi connectivity index (χ2v) is 5.37. The van der Waals surface area contributed by atoms with Crippen LogP contribution in [-0.4, -0.2) is 33.7 Å². The highest BCUT2D eigenvalue weighted by Gasteiger charge is 2.20. The molecular weight excluding hydrogens is 252 g/mol. The smallest absolute Gasteiger partial charge is 0.272 e. The fourth-order valence-corrected chi connectivity index (χ4v) is 2.03. The van der Waals surface area contributed by atoms with Crippen LogP contribution in [0.25, 0.3) is 0 Å². The summed E-state index contributed by atoms with van der Waals surface area (Å²) in [6, 6.07) is 3.93. The molecule has 0 unspecified atom stereocenters. The summed E-state index contributed by atoms with van der Waals surface area (Å²) in [4.78, 5) is 14.4. The minimum Gasteiger partial charge on any atom is -0.336 e. The van der Waals surface area contributed by atoms with Crippen LogP contribution in [0, 0.1) is 24.2 Å². The number of amides is 1. The molecule has 1 heterocycles. The molecule has 0 saturated carbocycles. The third kappa shape index (κ3) is 4.37. The Morgan fingerprint density at radius 1 is 1.50 bits per heavy atom. The molecule has 1 rings (SSSR count). The molecule has 0 atom stereocenters. The molecular formula is C15H24N4O. The Balaban J connectivity index is 2.88. The van der Waals surface area contributed by atoms with E-state index in [-0.39, 0.29) is 5.91 Å². The Hall–Kier alpha value is -1.83. The van der Waals surface area contributed by atoms with E-state index in [1.54, 1.807) is 9.58 Å². The topological polar surface area (TPSA) is 61.9 Å². The lowest BCUT2D eigenvalue weighted by atomic mass is 10.1. The van der Waals surface area contributed by atoms with Gasteiger partial charge in [0.15, 0.2) is 0 Å². The van der Waals surface area contributed by atoms with E-state index in [1.165, 1.54) is 0 Å². The van der Waals surface area contributed by atoms with Crippen LogP contribution in [0.3, 0.4) is 0 Å². The van der Waals surface area contributed by atoms with Crippen LogP contribution in [-0.2, 0) is 6.54 Å². The third-order valence-corrected chi connectivity index (χ3v) is 3.18. The summed E-state index contributed by atoms with van der Waals surface area (Å²) in [5, 5.41) is 13.1. The van der Waals surface area contributed by atoms with E-state index in [2.05, 4.69) is 25.0 Å². The van der Waals surface area contributed by atoms with Gasteiger partial charge in [0, 0.05) is 19.6 Å². The summed E-state index contributed by atoms with van der Waals surface area (Å²) in [7, 11) is 0. The van der Waals surface area contributed by atoms with Crippen molar-refractivity contribution in [3.8, 4) is 6.07 Å². The molecule has 0 fully saturated rings. The van der Waals surface area contributed by atoms with Crippen LogP contribution in [0.5, 0.6) is 0 Å². The van der Waals surface area contributed by atoms with Crippen molar-refractivity contribution >= 4 is 5.91 Å². The zero-order chi connectivity index (χ0) is 15.1. The maximum atomic E-state index is 12.6. The summed E-state index contributed by atoms with van der Waals surface area (Å²) in [5.74, 6) is 0.508. The lowest BCUT2D eigenvalue weighted by Crippen LogP contribution is -2.34. The molecule has 110 valence electrons. The highest BCUT2D eigenvalue weighted by atomic mass is 16.2. The number of aromatic nitrogens is 2. The fraction of sp³-hybridized carbons (Fsp3) is 0.667. The molecule has 0 aliphatic rings. The fourth-order valence-electron chi connectivity index (χ4n) is 2.03. The Morgan fingerprint density at radius 3 is 2.75 bits per heavy atom. The SMILES string of the molecule is CCn1nc(C)cc1C(=O)N(CCC#N)CCC(C)C. The highest BCUT2D eigenvalue weighted by molar-refractivity contribution is 5.92. The van der Waals surface area contributed by atoms with Crippen LogP contribution in [0.2, 0.25) is 0 Å². The van der Waals surface area contributed by atoms with Crippen molar-refractivity contribution in [1.82, 2.24) is 14.7 Å². The molecule has 0 bridgehead atoms. The third-order valence-electron chi connectivity index (χ3n) is 3.18. The second-order valence-electron chi connectivity index (χ2n) is 5.37.